The number of nitrogens with one attached hydrogen (secondary N) is 1. The largest absolute Gasteiger partial charge is 0.394 e. The van der Waals surface area contributed by atoms with E-state index in [4.69, 9.17) is 5.73 Å². The highest BCUT2D eigenvalue weighted by Gasteiger charge is 2.09. The van der Waals surface area contributed by atoms with E-state index in [0.29, 0.717) is 11.5 Å². The van der Waals surface area contributed by atoms with E-state index in [1.54, 1.807) is 12.4 Å². The minimum Gasteiger partial charge on any atom is -0.394 e. The molecule has 0 radical (unpaired) electrons. The van der Waals surface area contributed by atoms with Gasteiger partial charge in [-0.15, -0.1) is 0 Å². The van der Waals surface area contributed by atoms with Crippen molar-refractivity contribution in [3.8, 4) is 0 Å². The quantitative estimate of drug-likeness (QED) is 0.719. The SMILES string of the molecule is Nc1c(Nc2ccncc2)ncnc1Sc1ccccc1. The Labute approximate surface area is 126 Å². The Hall–Kier alpha value is -2.60. The molecule has 2 aromatic heterocycles. The molecule has 104 valence electrons. The van der Waals surface area contributed by atoms with Crippen molar-refractivity contribution in [2.75, 3.05) is 11.1 Å². The third-order valence-corrected chi connectivity index (χ3v) is 3.77. The standard InChI is InChI=1S/C15H13N5S/c16-13-14(20-11-6-8-17-9-7-11)18-10-19-15(13)21-12-4-2-1-3-5-12/h1-10H,16H2,(H,17,18,19,20). The maximum Gasteiger partial charge on any atom is 0.158 e. The summed E-state index contributed by atoms with van der Waals surface area (Å²) in [5, 5.41) is 3.90. The lowest BCUT2D eigenvalue weighted by Crippen LogP contribution is -2.02. The summed E-state index contributed by atoms with van der Waals surface area (Å²) in [6, 6.07) is 13.7. The molecule has 3 N–H and O–H groups in total. The van der Waals surface area contributed by atoms with Crippen LogP contribution in [0, 0.1) is 0 Å². The molecule has 1 aromatic carbocycles. The average molecular weight is 295 g/mol. The Morgan fingerprint density at radius 1 is 0.952 bits per heavy atom. The maximum atomic E-state index is 6.16. The summed E-state index contributed by atoms with van der Waals surface area (Å²) in [5.41, 5.74) is 7.57. The molecule has 5 nitrogen and oxygen atoms in total. The number of rotatable bonds is 4. The third-order valence-electron chi connectivity index (χ3n) is 2.75. The van der Waals surface area contributed by atoms with Crippen molar-refractivity contribution in [2.45, 2.75) is 9.92 Å². The van der Waals surface area contributed by atoms with Crippen molar-refractivity contribution in [1.82, 2.24) is 15.0 Å². The number of nitrogens with two attached hydrogens (primary N) is 1. The van der Waals surface area contributed by atoms with Gasteiger partial charge in [-0.2, -0.15) is 0 Å². The normalized spacial score (nSPS) is 10.3. The molecule has 0 atom stereocenters. The molecule has 0 saturated carbocycles. The van der Waals surface area contributed by atoms with Gasteiger partial charge in [0, 0.05) is 23.0 Å². The van der Waals surface area contributed by atoms with Crippen LogP contribution in [-0.4, -0.2) is 15.0 Å². The van der Waals surface area contributed by atoms with E-state index < -0.39 is 0 Å². The second-order valence-corrected chi connectivity index (χ2v) is 5.28. The van der Waals surface area contributed by atoms with Crippen LogP contribution in [0.1, 0.15) is 0 Å². The van der Waals surface area contributed by atoms with Gasteiger partial charge in [0.15, 0.2) is 5.82 Å². The molecule has 0 bridgehead atoms. The lowest BCUT2D eigenvalue weighted by atomic mass is 10.4. The van der Waals surface area contributed by atoms with Gasteiger partial charge in [0.1, 0.15) is 17.0 Å². The summed E-state index contributed by atoms with van der Waals surface area (Å²) < 4.78 is 0. The molecule has 3 rings (SSSR count). The van der Waals surface area contributed by atoms with Gasteiger partial charge in [-0.05, 0) is 24.3 Å². The molecule has 0 amide bonds. The van der Waals surface area contributed by atoms with E-state index in [-0.39, 0.29) is 0 Å². The fourth-order valence-electron chi connectivity index (χ4n) is 1.73. The van der Waals surface area contributed by atoms with Crippen molar-refractivity contribution in [2.24, 2.45) is 0 Å². The highest BCUT2D eigenvalue weighted by molar-refractivity contribution is 7.99. The van der Waals surface area contributed by atoms with Crippen LogP contribution >= 0.6 is 11.8 Å². The molecule has 0 aliphatic rings. The molecule has 0 aliphatic carbocycles. The molecule has 2 heterocycles. The summed E-state index contributed by atoms with van der Waals surface area (Å²) in [4.78, 5) is 13.5. The molecule has 3 aromatic rings. The molecule has 0 saturated heterocycles. The topological polar surface area (TPSA) is 76.7 Å². The highest BCUT2D eigenvalue weighted by Crippen LogP contribution is 2.33. The smallest absolute Gasteiger partial charge is 0.158 e. The van der Waals surface area contributed by atoms with Gasteiger partial charge < -0.3 is 11.1 Å². The van der Waals surface area contributed by atoms with Crippen molar-refractivity contribution in [3.05, 3.63) is 61.2 Å². The number of anilines is 3. The van der Waals surface area contributed by atoms with Gasteiger partial charge in [0.05, 0.1) is 0 Å². The number of nitrogens with zero attached hydrogens (tertiary/aromatic N) is 3. The molecule has 0 fully saturated rings. The van der Waals surface area contributed by atoms with Crippen LogP contribution < -0.4 is 11.1 Å². The predicted molar refractivity (Wildman–Crippen MR) is 84.5 cm³/mol. The van der Waals surface area contributed by atoms with Crippen LogP contribution in [0.4, 0.5) is 17.2 Å². The molecule has 0 aliphatic heterocycles. The highest BCUT2D eigenvalue weighted by atomic mass is 32.2. The van der Waals surface area contributed by atoms with E-state index in [1.165, 1.54) is 18.1 Å². The molecule has 6 heteroatoms. The minimum atomic E-state index is 0.531. The zero-order chi connectivity index (χ0) is 14.5. The van der Waals surface area contributed by atoms with Crippen LogP contribution in [0.3, 0.4) is 0 Å². The molecule has 21 heavy (non-hydrogen) atoms. The summed E-state index contributed by atoms with van der Waals surface area (Å²) in [7, 11) is 0. The summed E-state index contributed by atoms with van der Waals surface area (Å²) in [6.07, 6.45) is 4.92. The molecular formula is C15H13N5S. The third kappa shape index (κ3) is 3.29. The Kier molecular flexibility index (Phi) is 3.97. The van der Waals surface area contributed by atoms with E-state index in [2.05, 4.69) is 20.3 Å². The van der Waals surface area contributed by atoms with E-state index in [9.17, 15) is 0 Å². The van der Waals surface area contributed by atoms with Gasteiger partial charge in [-0.1, -0.05) is 30.0 Å². The van der Waals surface area contributed by atoms with Gasteiger partial charge >= 0.3 is 0 Å². The molecule has 0 spiro atoms. The van der Waals surface area contributed by atoms with Gasteiger partial charge in [0.25, 0.3) is 0 Å². The van der Waals surface area contributed by atoms with E-state index >= 15 is 0 Å². The fraction of sp³-hybridized carbons (Fsp3) is 0. The van der Waals surface area contributed by atoms with Gasteiger partial charge in [0.2, 0.25) is 0 Å². The van der Waals surface area contributed by atoms with Crippen LogP contribution in [0.5, 0.6) is 0 Å². The molecular weight excluding hydrogens is 282 g/mol. The first-order chi connectivity index (χ1) is 10.3. The van der Waals surface area contributed by atoms with E-state index in [0.717, 1.165) is 15.6 Å². The second kappa shape index (κ2) is 6.23. The Morgan fingerprint density at radius 3 is 2.48 bits per heavy atom. The average Bonchev–Trinajstić information content (AvgIpc) is 2.53. The number of hydrogen-bond acceptors (Lipinski definition) is 6. The molecule has 0 unspecified atom stereocenters. The number of hydrogen-bond donors (Lipinski definition) is 2. The van der Waals surface area contributed by atoms with E-state index in [1.807, 2.05) is 42.5 Å². The van der Waals surface area contributed by atoms with Crippen LogP contribution in [0.15, 0.2) is 71.1 Å². The summed E-state index contributed by atoms with van der Waals surface area (Å²) >= 11 is 1.51. The monoisotopic (exact) mass is 295 g/mol. The lowest BCUT2D eigenvalue weighted by molar-refractivity contribution is 1.06. The lowest BCUT2D eigenvalue weighted by Gasteiger charge is -2.10. The number of pyridine rings is 1. The zero-order valence-electron chi connectivity index (χ0n) is 11.1. The fourth-order valence-corrected chi connectivity index (χ4v) is 2.56. The van der Waals surface area contributed by atoms with Gasteiger partial charge in [-0.3, -0.25) is 4.98 Å². The maximum absolute atomic E-state index is 6.16. The Balaban J connectivity index is 1.85. The first kappa shape index (κ1) is 13.4. The summed E-state index contributed by atoms with van der Waals surface area (Å²) in [5.74, 6) is 0.592. The second-order valence-electron chi connectivity index (χ2n) is 4.22. The Morgan fingerprint density at radius 2 is 1.71 bits per heavy atom. The Bertz CT molecular complexity index is 659. The minimum absolute atomic E-state index is 0.531. The van der Waals surface area contributed by atoms with Crippen molar-refractivity contribution >= 4 is 29.0 Å². The van der Waals surface area contributed by atoms with Crippen LogP contribution in [0.25, 0.3) is 0 Å². The first-order valence-corrected chi connectivity index (χ1v) is 7.15. The number of aromatic nitrogens is 3. The number of benzene rings is 1. The van der Waals surface area contributed by atoms with Crippen molar-refractivity contribution in [3.63, 3.8) is 0 Å². The van der Waals surface area contributed by atoms with Crippen LogP contribution in [0.2, 0.25) is 0 Å². The zero-order valence-corrected chi connectivity index (χ0v) is 11.9. The van der Waals surface area contributed by atoms with Gasteiger partial charge in [-0.25, -0.2) is 9.97 Å². The summed E-state index contributed by atoms with van der Waals surface area (Å²) in [6.45, 7) is 0. The number of nitrogen functional groups attached to an aromatic ring is 1. The predicted octanol–water partition coefficient (Wildman–Crippen LogP) is 3.35. The van der Waals surface area contributed by atoms with Crippen molar-refractivity contribution < 1.29 is 0 Å². The first-order valence-electron chi connectivity index (χ1n) is 6.33. The van der Waals surface area contributed by atoms with Crippen molar-refractivity contribution in [1.29, 1.82) is 0 Å². The van der Waals surface area contributed by atoms with Crippen LogP contribution in [-0.2, 0) is 0 Å².